The van der Waals surface area contributed by atoms with Crippen LogP contribution in [-0.4, -0.2) is 6.61 Å². The van der Waals surface area contributed by atoms with Crippen LogP contribution >= 0.6 is 11.6 Å². The highest BCUT2D eigenvalue weighted by Crippen LogP contribution is 2.25. The molecule has 0 heterocycles. The zero-order valence-corrected chi connectivity index (χ0v) is 7.78. The summed E-state index contributed by atoms with van der Waals surface area (Å²) < 4.78 is 18.0. The average molecular weight is 189 g/mol. The van der Waals surface area contributed by atoms with E-state index in [4.69, 9.17) is 16.3 Å². The monoisotopic (exact) mass is 188 g/mol. The highest BCUT2D eigenvalue weighted by Gasteiger charge is 2.05. The summed E-state index contributed by atoms with van der Waals surface area (Å²) in [6.45, 7) is 3.99. The third-order valence-electron chi connectivity index (χ3n) is 1.51. The Hall–Kier alpha value is -0.760. The molecule has 0 N–H and O–H groups in total. The van der Waals surface area contributed by atoms with Gasteiger partial charge in [-0.05, 0) is 25.5 Å². The predicted octanol–water partition coefficient (Wildman–Crippen LogP) is 3.19. The third kappa shape index (κ3) is 1.89. The van der Waals surface area contributed by atoms with E-state index in [0.717, 1.165) is 5.56 Å². The summed E-state index contributed by atoms with van der Waals surface area (Å²) in [5.74, 6) is -0.146. The molecule has 0 saturated carbocycles. The maximum absolute atomic E-state index is 13.0. The smallest absolute Gasteiger partial charge is 0.165 e. The fraction of sp³-hybridized carbons (Fsp3) is 0.333. The molecule has 0 unspecified atom stereocenters. The number of rotatable bonds is 2. The van der Waals surface area contributed by atoms with Gasteiger partial charge in [-0.3, -0.25) is 0 Å². The zero-order chi connectivity index (χ0) is 9.14. The molecule has 0 aromatic heterocycles. The second-order valence-electron chi connectivity index (χ2n) is 2.46. The largest absolute Gasteiger partial charge is 0.491 e. The Labute approximate surface area is 76.1 Å². The highest BCUT2D eigenvalue weighted by atomic mass is 35.5. The lowest BCUT2D eigenvalue weighted by atomic mass is 10.2. The molecule has 0 aliphatic rings. The summed E-state index contributed by atoms with van der Waals surface area (Å²) >= 11 is 5.77. The van der Waals surface area contributed by atoms with Crippen molar-refractivity contribution < 1.29 is 9.13 Å². The Kier molecular flexibility index (Phi) is 2.93. The van der Waals surface area contributed by atoms with E-state index in [1.807, 2.05) is 0 Å². The van der Waals surface area contributed by atoms with Gasteiger partial charge >= 0.3 is 0 Å². The van der Waals surface area contributed by atoms with Crippen molar-refractivity contribution in [3.63, 3.8) is 0 Å². The van der Waals surface area contributed by atoms with Crippen molar-refractivity contribution in [2.45, 2.75) is 13.8 Å². The van der Waals surface area contributed by atoms with Crippen LogP contribution in [0.15, 0.2) is 12.1 Å². The minimum Gasteiger partial charge on any atom is -0.491 e. The van der Waals surface area contributed by atoms with Gasteiger partial charge in [0.2, 0.25) is 0 Å². The van der Waals surface area contributed by atoms with Gasteiger partial charge in [0.25, 0.3) is 0 Å². The number of halogens is 2. The maximum atomic E-state index is 13.0. The summed E-state index contributed by atoms with van der Waals surface area (Å²) in [5.41, 5.74) is 0.720. The lowest BCUT2D eigenvalue weighted by molar-refractivity contribution is 0.321. The van der Waals surface area contributed by atoms with Gasteiger partial charge < -0.3 is 4.74 Å². The van der Waals surface area contributed by atoms with E-state index >= 15 is 0 Å². The molecule has 1 nitrogen and oxygen atoms in total. The van der Waals surface area contributed by atoms with Gasteiger partial charge in [0.1, 0.15) is 0 Å². The van der Waals surface area contributed by atoms with Crippen LogP contribution < -0.4 is 4.74 Å². The first kappa shape index (κ1) is 9.33. The first-order valence-corrected chi connectivity index (χ1v) is 4.11. The fourth-order valence-corrected chi connectivity index (χ4v) is 1.05. The molecule has 0 atom stereocenters. The Morgan fingerprint density at radius 2 is 2.17 bits per heavy atom. The summed E-state index contributed by atoms with van der Waals surface area (Å²) in [5, 5.41) is 0.528. The molecular weight excluding hydrogens is 179 g/mol. The van der Waals surface area contributed by atoms with Crippen molar-refractivity contribution in [2.75, 3.05) is 6.61 Å². The Morgan fingerprint density at radius 1 is 1.50 bits per heavy atom. The van der Waals surface area contributed by atoms with E-state index < -0.39 is 0 Å². The van der Waals surface area contributed by atoms with Crippen molar-refractivity contribution in [2.24, 2.45) is 0 Å². The standard InChI is InChI=1S/C9H10ClFO/c1-3-12-9-5-7(10)6(2)4-8(9)11/h4-5H,3H2,1-2H3. The second-order valence-corrected chi connectivity index (χ2v) is 2.87. The number of benzene rings is 1. The highest BCUT2D eigenvalue weighted by molar-refractivity contribution is 6.31. The molecule has 66 valence electrons. The van der Waals surface area contributed by atoms with Crippen LogP contribution in [0.1, 0.15) is 12.5 Å². The molecule has 0 bridgehead atoms. The number of ether oxygens (including phenoxy) is 1. The SMILES string of the molecule is CCOc1cc(Cl)c(C)cc1F. The van der Waals surface area contributed by atoms with Crippen LogP contribution in [0.3, 0.4) is 0 Å². The van der Waals surface area contributed by atoms with Crippen molar-refractivity contribution >= 4 is 11.6 Å². The molecule has 0 aliphatic heterocycles. The molecule has 0 amide bonds. The molecule has 0 saturated heterocycles. The van der Waals surface area contributed by atoms with Crippen LogP contribution in [0.2, 0.25) is 5.02 Å². The Balaban J connectivity index is 3.05. The quantitative estimate of drug-likeness (QED) is 0.693. The van der Waals surface area contributed by atoms with E-state index in [1.165, 1.54) is 12.1 Å². The summed E-state index contributed by atoms with van der Waals surface area (Å²) in [7, 11) is 0. The third-order valence-corrected chi connectivity index (χ3v) is 1.92. The molecule has 0 aliphatic carbocycles. The molecule has 1 aromatic carbocycles. The van der Waals surface area contributed by atoms with Crippen molar-refractivity contribution in [3.05, 3.63) is 28.5 Å². The summed E-state index contributed by atoms with van der Waals surface area (Å²) in [4.78, 5) is 0. The second kappa shape index (κ2) is 3.76. The molecule has 12 heavy (non-hydrogen) atoms. The van der Waals surface area contributed by atoms with Gasteiger partial charge in [0.15, 0.2) is 11.6 Å². The van der Waals surface area contributed by atoms with Crippen LogP contribution in [0.25, 0.3) is 0 Å². The molecule has 0 spiro atoms. The first-order chi connectivity index (χ1) is 5.65. The number of aryl methyl sites for hydroxylation is 1. The minimum atomic E-state index is -0.362. The van der Waals surface area contributed by atoms with Crippen LogP contribution in [0.4, 0.5) is 4.39 Å². The Morgan fingerprint density at radius 3 is 2.75 bits per heavy atom. The summed E-state index contributed by atoms with van der Waals surface area (Å²) in [6.07, 6.45) is 0. The van der Waals surface area contributed by atoms with E-state index in [9.17, 15) is 4.39 Å². The molecule has 0 fully saturated rings. The van der Waals surface area contributed by atoms with Gasteiger partial charge in [-0.2, -0.15) is 0 Å². The molecular formula is C9H10ClFO. The van der Waals surface area contributed by atoms with Gasteiger partial charge in [-0.15, -0.1) is 0 Å². The van der Waals surface area contributed by atoms with Crippen LogP contribution in [0, 0.1) is 12.7 Å². The van der Waals surface area contributed by atoms with Crippen molar-refractivity contribution in [1.29, 1.82) is 0 Å². The van der Waals surface area contributed by atoms with Gasteiger partial charge in [0.05, 0.1) is 6.61 Å². The van der Waals surface area contributed by atoms with E-state index in [1.54, 1.807) is 13.8 Å². The summed E-state index contributed by atoms with van der Waals surface area (Å²) in [6, 6.07) is 2.86. The lowest BCUT2D eigenvalue weighted by Gasteiger charge is -2.06. The van der Waals surface area contributed by atoms with Crippen LogP contribution in [-0.2, 0) is 0 Å². The Bertz CT molecular complexity index is 286. The minimum absolute atomic E-state index is 0.216. The molecule has 3 heteroatoms. The predicted molar refractivity (Wildman–Crippen MR) is 47.3 cm³/mol. The first-order valence-electron chi connectivity index (χ1n) is 3.73. The van der Waals surface area contributed by atoms with E-state index in [-0.39, 0.29) is 11.6 Å². The zero-order valence-electron chi connectivity index (χ0n) is 7.03. The maximum Gasteiger partial charge on any atom is 0.165 e. The molecule has 1 rings (SSSR count). The molecule has 1 aromatic rings. The van der Waals surface area contributed by atoms with Crippen LogP contribution in [0.5, 0.6) is 5.75 Å². The topological polar surface area (TPSA) is 9.23 Å². The van der Waals surface area contributed by atoms with Crippen molar-refractivity contribution in [1.82, 2.24) is 0 Å². The lowest BCUT2D eigenvalue weighted by Crippen LogP contribution is -1.95. The van der Waals surface area contributed by atoms with Gasteiger partial charge in [0, 0.05) is 11.1 Å². The normalized spacial score (nSPS) is 10.0. The fourth-order valence-electron chi connectivity index (χ4n) is 0.894. The van der Waals surface area contributed by atoms with E-state index in [2.05, 4.69) is 0 Å². The van der Waals surface area contributed by atoms with Crippen molar-refractivity contribution in [3.8, 4) is 5.75 Å². The average Bonchev–Trinajstić information content (AvgIpc) is 2.01. The number of hydrogen-bond donors (Lipinski definition) is 0. The number of hydrogen-bond acceptors (Lipinski definition) is 1. The van der Waals surface area contributed by atoms with Gasteiger partial charge in [-0.1, -0.05) is 11.6 Å². The van der Waals surface area contributed by atoms with E-state index in [0.29, 0.717) is 11.6 Å². The molecule has 0 radical (unpaired) electrons. The van der Waals surface area contributed by atoms with Gasteiger partial charge in [-0.25, -0.2) is 4.39 Å².